The molecule has 0 aliphatic rings. The Labute approximate surface area is 134 Å². The summed E-state index contributed by atoms with van der Waals surface area (Å²) in [5, 5.41) is 2.82. The molecule has 0 aliphatic heterocycles. The number of hydrogen-bond donors (Lipinski definition) is 1. The first-order chi connectivity index (χ1) is 11.3. The zero-order valence-electron chi connectivity index (χ0n) is 12.5. The van der Waals surface area contributed by atoms with Crippen molar-refractivity contribution in [2.24, 2.45) is 0 Å². The summed E-state index contributed by atoms with van der Waals surface area (Å²) in [4.78, 5) is 16.3. The van der Waals surface area contributed by atoms with E-state index >= 15 is 0 Å². The second-order valence-corrected chi connectivity index (χ2v) is 4.98. The Morgan fingerprint density at radius 1 is 0.913 bits per heavy atom. The van der Waals surface area contributed by atoms with Crippen LogP contribution in [0, 0.1) is 0 Å². The number of rotatable bonds is 5. The molecule has 3 aromatic rings. The largest absolute Gasteiger partial charge is 0.473 e. The third-order valence-electron chi connectivity index (χ3n) is 3.26. The number of ether oxygens (including phenoxy) is 1. The number of aromatic nitrogens is 1. The van der Waals surface area contributed by atoms with E-state index in [1.807, 2.05) is 60.7 Å². The molecule has 23 heavy (non-hydrogen) atoms. The van der Waals surface area contributed by atoms with Crippen molar-refractivity contribution < 1.29 is 9.53 Å². The number of para-hydroxylation sites is 1. The van der Waals surface area contributed by atoms with E-state index in [-0.39, 0.29) is 5.91 Å². The number of amides is 1. The van der Waals surface area contributed by atoms with Gasteiger partial charge in [-0.05, 0) is 23.8 Å². The zero-order chi connectivity index (χ0) is 15.9. The molecule has 0 atom stereocenters. The second-order valence-electron chi connectivity index (χ2n) is 4.98. The molecule has 1 heterocycles. The maximum absolute atomic E-state index is 12.1. The Morgan fingerprint density at radius 2 is 1.61 bits per heavy atom. The van der Waals surface area contributed by atoms with E-state index in [0.29, 0.717) is 18.1 Å². The first-order valence-corrected chi connectivity index (χ1v) is 7.30. The van der Waals surface area contributed by atoms with Crippen LogP contribution in [0.1, 0.15) is 15.9 Å². The number of hydrogen-bond acceptors (Lipinski definition) is 3. The van der Waals surface area contributed by atoms with Crippen LogP contribution in [0.15, 0.2) is 79.0 Å². The third-order valence-corrected chi connectivity index (χ3v) is 3.26. The molecule has 4 heteroatoms. The van der Waals surface area contributed by atoms with Gasteiger partial charge in [-0.3, -0.25) is 4.79 Å². The van der Waals surface area contributed by atoms with E-state index in [1.165, 1.54) is 6.20 Å². The molecule has 1 aromatic heterocycles. The molecule has 2 aromatic carbocycles. The first kappa shape index (κ1) is 14.8. The number of benzene rings is 2. The lowest BCUT2D eigenvalue weighted by molar-refractivity contribution is 0.102. The monoisotopic (exact) mass is 304 g/mol. The van der Waals surface area contributed by atoms with E-state index < -0.39 is 0 Å². The molecule has 0 aliphatic carbocycles. The minimum absolute atomic E-state index is 0.196. The van der Waals surface area contributed by atoms with E-state index in [4.69, 9.17) is 4.74 Å². The van der Waals surface area contributed by atoms with Crippen molar-refractivity contribution in [1.29, 1.82) is 0 Å². The van der Waals surface area contributed by atoms with Gasteiger partial charge in [0.1, 0.15) is 6.61 Å². The summed E-state index contributed by atoms with van der Waals surface area (Å²) in [5.74, 6) is 0.295. The van der Waals surface area contributed by atoms with Crippen LogP contribution in [0.3, 0.4) is 0 Å². The highest BCUT2D eigenvalue weighted by atomic mass is 16.5. The predicted molar refractivity (Wildman–Crippen MR) is 89.4 cm³/mol. The van der Waals surface area contributed by atoms with Crippen LogP contribution in [-0.4, -0.2) is 10.9 Å². The summed E-state index contributed by atoms with van der Waals surface area (Å²) in [6, 6.07) is 22.6. The number of anilines is 1. The Bertz CT molecular complexity index is 756. The van der Waals surface area contributed by atoms with Gasteiger partial charge in [0.25, 0.3) is 5.91 Å². The van der Waals surface area contributed by atoms with E-state index in [0.717, 1.165) is 11.3 Å². The van der Waals surface area contributed by atoms with Gasteiger partial charge in [-0.25, -0.2) is 4.98 Å². The standard InChI is InChI=1S/C19H16N2O2/c22-19(21-17-9-5-2-6-10-17)16-11-12-18(20-13-16)23-14-15-7-3-1-4-8-15/h1-13H,14H2,(H,21,22). The van der Waals surface area contributed by atoms with Gasteiger partial charge in [-0.2, -0.15) is 0 Å². The van der Waals surface area contributed by atoms with Crippen molar-refractivity contribution in [2.45, 2.75) is 6.61 Å². The Balaban J connectivity index is 1.59. The molecule has 4 nitrogen and oxygen atoms in total. The molecule has 1 N–H and O–H groups in total. The fraction of sp³-hybridized carbons (Fsp3) is 0.0526. The average molecular weight is 304 g/mol. The van der Waals surface area contributed by atoms with E-state index in [1.54, 1.807) is 12.1 Å². The molecule has 0 radical (unpaired) electrons. The highest BCUT2D eigenvalue weighted by Gasteiger charge is 2.07. The number of carbonyl (C=O) groups excluding carboxylic acids is 1. The van der Waals surface area contributed by atoms with Gasteiger partial charge in [0, 0.05) is 18.0 Å². The van der Waals surface area contributed by atoms with Crippen molar-refractivity contribution >= 4 is 11.6 Å². The average Bonchev–Trinajstić information content (AvgIpc) is 2.62. The molecule has 0 spiro atoms. The van der Waals surface area contributed by atoms with Crippen molar-refractivity contribution in [2.75, 3.05) is 5.32 Å². The van der Waals surface area contributed by atoms with Crippen molar-refractivity contribution in [3.05, 3.63) is 90.1 Å². The summed E-state index contributed by atoms with van der Waals surface area (Å²) < 4.78 is 5.60. The van der Waals surface area contributed by atoms with E-state index in [2.05, 4.69) is 10.3 Å². The molecule has 3 rings (SSSR count). The predicted octanol–water partition coefficient (Wildman–Crippen LogP) is 3.91. The number of nitrogens with one attached hydrogen (secondary N) is 1. The molecular weight excluding hydrogens is 288 g/mol. The van der Waals surface area contributed by atoms with Crippen LogP contribution in [-0.2, 0) is 6.61 Å². The highest BCUT2D eigenvalue weighted by molar-refractivity contribution is 6.04. The fourth-order valence-electron chi connectivity index (χ4n) is 2.06. The van der Waals surface area contributed by atoms with Crippen LogP contribution in [0.4, 0.5) is 5.69 Å². The maximum Gasteiger partial charge on any atom is 0.257 e. The zero-order valence-corrected chi connectivity index (χ0v) is 12.5. The van der Waals surface area contributed by atoms with Crippen molar-refractivity contribution in [3.8, 4) is 5.88 Å². The van der Waals surface area contributed by atoms with Crippen LogP contribution < -0.4 is 10.1 Å². The SMILES string of the molecule is O=C(Nc1ccccc1)c1ccc(OCc2ccccc2)nc1. The molecule has 0 saturated heterocycles. The van der Waals surface area contributed by atoms with Gasteiger partial charge in [-0.15, -0.1) is 0 Å². The Morgan fingerprint density at radius 3 is 2.26 bits per heavy atom. The van der Waals surface area contributed by atoms with E-state index in [9.17, 15) is 4.79 Å². The minimum Gasteiger partial charge on any atom is -0.473 e. The number of nitrogens with zero attached hydrogens (tertiary/aromatic N) is 1. The van der Waals surface area contributed by atoms with Crippen LogP contribution >= 0.6 is 0 Å². The fourth-order valence-corrected chi connectivity index (χ4v) is 2.06. The number of pyridine rings is 1. The van der Waals surface area contributed by atoms with Gasteiger partial charge in [0.05, 0.1) is 5.56 Å². The van der Waals surface area contributed by atoms with Crippen molar-refractivity contribution in [1.82, 2.24) is 4.98 Å². The van der Waals surface area contributed by atoms with Gasteiger partial charge < -0.3 is 10.1 Å². The Kier molecular flexibility index (Phi) is 4.64. The van der Waals surface area contributed by atoms with Crippen LogP contribution in [0.5, 0.6) is 5.88 Å². The molecule has 114 valence electrons. The minimum atomic E-state index is -0.196. The molecule has 0 unspecified atom stereocenters. The maximum atomic E-state index is 12.1. The lowest BCUT2D eigenvalue weighted by atomic mass is 10.2. The Hall–Kier alpha value is -3.14. The van der Waals surface area contributed by atoms with Crippen molar-refractivity contribution in [3.63, 3.8) is 0 Å². The second kappa shape index (κ2) is 7.22. The molecular formula is C19H16N2O2. The van der Waals surface area contributed by atoms with Gasteiger partial charge in [-0.1, -0.05) is 48.5 Å². The quantitative estimate of drug-likeness (QED) is 0.777. The van der Waals surface area contributed by atoms with Crippen LogP contribution in [0.25, 0.3) is 0 Å². The molecule has 0 bridgehead atoms. The summed E-state index contributed by atoms with van der Waals surface area (Å²) in [6.07, 6.45) is 1.51. The summed E-state index contributed by atoms with van der Waals surface area (Å²) in [7, 11) is 0. The topological polar surface area (TPSA) is 51.2 Å². The van der Waals surface area contributed by atoms with Crippen LogP contribution in [0.2, 0.25) is 0 Å². The molecule has 0 saturated carbocycles. The van der Waals surface area contributed by atoms with Gasteiger partial charge >= 0.3 is 0 Å². The van der Waals surface area contributed by atoms with Gasteiger partial charge in [0.15, 0.2) is 0 Å². The summed E-state index contributed by atoms with van der Waals surface area (Å²) in [5.41, 5.74) is 2.31. The molecule has 0 fully saturated rings. The van der Waals surface area contributed by atoms with Gasteiger partial charge in [0.2, 0.25) is 5.88 Å². The molecule has 1 amide bonds. The smallest absolute Gasteiger partial charge is 0.257 e. The lowest BCUT2D eigenvalue weighted by Gasteiger charge is -2.07. The highest BCUT2D eigenvalue weighted by Crippen LogP contribution is 2.12. The first-order valence-electron chi connectivity index (χ1n) is 7.30. The summed E-state index contributed by atoms with van der Waals surface area (Å²) >= 11 is 0. The normalized spacial score (nSPS) is 10.1. The lowest BCUT2D eigenvalue weighted by Crippen LogP contribution is -2.12. The third kappa shape index (κ3) is 4.17. The number of carbonyl (C=O) groups is 1. The summed E-state index contributed by atoms with van der Waals surface area (Å²) in [6.45, 7) is 0.448.